The third-order valence-electron chi connectivity index (χ3n) is 5.37. The molecule has 0 aromatic carbocycles. The largest absolute Gasteiger partial charge is 0.383 e. The number of nitrogens with zero attached hydrogens (tertiary/aromatic N) is 4. The Morgan fingerprint density at radius 1 is 1.27 bits per heavy atom. The molecule has 0 radical (unpaired) electrons. The van der Waals surface area contributed by atoms with Crippen LogP contribution in [0.3, 0.4) is 0 Å². The molecule has 2 aliphatic rings. The van der Waals surface area contributed by atoms with Gasteiger partial charge in [0.1, 0.15) is 21.8 Å². The van der Waals surface area contributed by atoms with Gasteiger partial charge in [0, 0.05) is 32.3 Å². The van der Waals surface area contributed by atoms with Crippen molar-refractivity contribution in [1.82, 2.24) is 9.47 Å². The second-order valence-corrected chi connectivity index (χ2v) is 9.00. The van der Waals surface area contributed by atoms with Gasteiger partial charge in [0.15, 0.2) is 0 Å². The zero-order chi connectivity index (χ0) is 21.8. The number of thioether (sulfide) groups is 1. The molecular formula is C21H26N4O3S2. The van der Waals surface area contributed by atoms with Crippen LogP contribution in [0.25, 0.3) is 6.08 Å². The van der Waals surface area contributed by atoms with Crippen LogP contribution in [0.15, 0.2) is 9.70 Å². The number of methoxy groups -OCH3 is 1. The van der Waals surface area contributed by atoms with Gasteiger partial charge in [0.05, 0.1) is 18.1 Å². The molecule has 3 heterocycles. The van der Waals surface area contributed by atoms with Gasteiger partial charge in [-0.25, -0.2) is 0 Å². The molecule has 30 heavy (non-hydrogen) atoms. The molecule has 1 aromatic rings. The molecule has 0 spiro atoms. The summed E-state index contributed by atoms with van der Waals surface area (Å²) in [5, 5.41) is 9.65. The summed E-state index contributed by atoms with van der Waals surface area (Å²) in [6, 6.07) is 2.08. The SMILES string of the molecule is CCCn1c(N2CCCC2)c(C=C2SC(=S)N(CCOC)C2=O)c(C)c(C#N)c1=O. The van der Waals surface area contributed by atoms with Crippen LogP contribution in [0.4, 0.5) is 5.82 Å². The highest BCUT2D eigenvalue weighted by atomic mass is 32.2. The molecule has 0 unspecified atom stereocenters. The molecule has 3 rings (SSSR count). The minimum Gasteiger partial charge on any atom is -0.383 e. The van der Waals surface area contributed by atoms with E-state index in [1.807, 2.05) is 13.0 Å². The van der Waals surface area contributed by atoms with Crippen molar-refractivity contribution in [3.63, 3.8) is 0 Å². The predicted octanol–water partition coefficient (Wildman–Crippen LogP) is 2.89. The van der Waals surface area contributed by atoms with Crippen LogP contribution >= 0.6 is 24.0 Å². The minimum absolute atomic E-state index is 0.132. The Balaban J connectivity index is 2.18. The van der Waals surface area contributed by atoms with E-state index < -0.39 is 0 Å². The van der Waals surface area contributed by atoms with Gasteiger partial charge in [0.25, 0.3) is 11.5 Å². The number of rotatable bonds is 7. The molecule has 0 aliphatic carbocycles. The van der Waals surface area contributed by atoms with Gasteiger partial charge in [-0.1, -0.05) is 30.9 Å². The van der Waals surface area contributed by atoms with Crippen LogP contribution in [-0.2, 0) is 16.1 Å². The molecule has 0 N–H and O–H groups in total. The summed E-state index contributed by atoms with van der Waals surface area (Å²) in [7, 11) is 1.58. The predicted molar refractivity (Wildman–Crippen MR) is 124 cm³/mol. The first-order valence-corrected chi connectivity index (χ1v) is 11.3. The fourth-order valence-electron chi connectivity index (χ4n) is 3.85. The Kier molecular flexibility index (Phi) is 7.34. The maximum absolute atomic E-state index is 13.0. The second kappa shape index (κ2) is 9.77. The van der Waals surface area contributed by atoms with Gasteiger partial charge in [-0.3, -0.25) is 19.1 Å². The van der Waals surface area contributed by atoms with Crippen LogP contribution in [0, 0.1) is 18.3 Å². The number of amides is 1. The lowest BCUT2D eigenvalue weighted by Gasteiger charge is -2.26. The average molecular weight is 447 g/mol. The van der Waals surface area contributed by atoms with Crippen LogP contribution in [0.1, 0.15) is 42.9 Å². The van der Waals surface area contributed by atoms with Gasteiger partial charge in [0.2, 0.25) is 0 Å². The fraction of sp³-hybridized carbons (Fsp3) is 0.524. The van der Waals surface area contributed by atoms with Crippen molar-refractivity contribution in [2.45, 2.75) is 39.7 Å². The fourth-order valence-corrected chi connectivity index (χ4v) is 5.14. The molecule has 0 saturated carbocycles. The number of aromatic nitrogens is 1. The van der Waals surface area contributed by atoms with E-state index >= 15 is 0 Å². The highest BCUT2D eigenvalue weighted by Crippen LogP contribution is 2.36. The minimum atomic E-state index is -0.261. The standard InChI is InChI=1S/C21H26N4O3S2/c1-4-7-24-18(23-8-5-6-9-23)15(14(2)16(13-22)19(24)26)12-17-20(27)25(10-11-28-3)21(29)30-17/h12H,4-11H2,1-3H3. The molecule has 0 bridgehead atoms. The van der Waals surface area contributed by atoms with Crippen molar-refractivity contribution >= 4 is 46.1 Å². The Morgan fingerprint density at radius 2 is 1.97 bits per heavy atom. The van der Waals surface area contributed by atoms with E-state index in [0.29, 0.717) is 34.5 Å². The molecule has 2 aliphatic heterocycles. The molecule has 9 heteroatoms. The number of hydrogen-bond acceptors (Lipinski definition) is 7. The average Bonchev–Trinajstić information content (AvgIpc) is 3.34. The second-order valence-electron chi connectivity index (χ2n) is 7.33. The molecule has 2 fully saturated rings. The van der Waals surface area contributed by atoms with Gasteiger partial charge < -0.3 is 9.64 Å². The van der Waals surface area contributed by atoms with Gasteiger partial charge >= 0.3 is 0 Å². The number of anilines is 1. The first-order chi connectivity index (χ1) is 14.4. The summed E-state index contributed by atoms with van der Waals surface area (Å²) < 4.78 is 7.28. The van der Waals surface area contributed by atoms with Crippen molar-refractivity contribution in [3.05, 3.63) is 31.9 Å². The van der Waals surface area contributed by atoms with Crippen LogP contribution in [0.2, 0.25) is 0 Å². The highest BCUT2D eigenvalue weighted by Gasteiger charge is 2.33. The number of thiocarbonyl (C=S) groups is 1. The quantitative estimate of drug-likeness (QED) is 0.471. The van der Waals surface area contributed by atoms with Crippen molar-refractivity contribution in [2.24, 2.45) is 0 Å². The lowest BCUT2D eigenvalue weighted by atomic mass is 10.0. The first kappa shape index (κ1) is 22.5. The zero-order valence-electron chi connectivity index (χ0n) is 17.6. The normalized spacial score (nSPS) is 18.0. The van der Waals surface area contributed by atoms with Crippen molar-refractivity contribution in [1.29, 1.82) is 5.26 Å². The van der Waals surface area contributed by atoms with Crippen LogP contribution in [-0.4, -0.2) is 53.0 Å². The van der Waals surface area contributed by atoms with Crippen LogP contribution in [0.5, 0.6) is 0 Å². The summed E-state index contributed by atoms with van der Waals surface area (Å²) in [6.45, 7) is 6.82. The highest BCUT2D eigenvalue weighted by molar-refractivity contribution is 8.26. The Morgan fingerprint density at radius 3 is 2.57 bits per heavy atom. The van der Waals surface area contributed by atoms with E-state index in [1.54, 1.807) is 18.6 Å². The maximum atomic E-state index is 13.0. The van der Waals surface area contributed by atoms with E-state index in [1.165, 1.54) is 16.7 Å². The molecule has 1 amide bonds. The van der Waals surface area contributed by atoms with E-state index in [-0.39, 0.29) is 17.0 Å². The number of pyridine rings is 1. The summed E-state index contributed by atoms with van der Waals surface area (Å²) in [5.74, 6) is 0.638. The van der Waals surface area contributed by atoms with Crippen molar-refractivity contribution < 1.29 is 9.53 Å². The summed E-state index contributed by atoms with van der Waals surface area (Å²) in [6.07, 6.45) is 4.69. The van der Waals surface area contributed by atoms with Gasteiger partial charge in [-0.15, -0.1) is 0 Å². The third kappa shape index (κ3) is 4.17. The van der Waals surface area contributed by atoms with Crippen LogP contribution < -0.4 is 10.5 Å². The topological polar surface area (TPSA) is 78.6 Å². The van der Waals surface area contributed by atoms with E-state index in [2.05, 4.69) is 11.0 Å². The molecule has 2 saturated heterocycles. The number of ether oxygens (including phenoxy) is 1. The monoisotopic (exact) mass is 446 g/mol. The molecular weight excluding hydrogens is 420 g/mol. The molecule has 7 nitrogen and oxygen atoms in total. The van der Waals surface area contributed by atoms with Crippen molar-refractivity contribution in [2.75, 3.05) is 38.3 Å². The smallest absolute Gasteiger partial charge is 0.270 e. The van der Waals surface area contributed by atoms with E-state index in [9.17, 15) is 14.9 Å². The number of nitriles is 1. The first-order valence-electron chi connectivity index (χ1n) is 10.1. The summed E-state index contributed by atoms with van der Waals surface area (Å²) >= 11 is 6.64. The zero-order valence-corrected chi connectivity index (χ0v) is 19.2. The lowest BCUT2D eigenvalue weighted by Crippen LogP contribution is -2.33. The Hall–Kier alpha value is -2.15. The Bertz CT molecular complexity index is 987. The third-order valence-corrected chi connectivity index (χ3v) is 6.75. The molecule has 0 atom stereocenters. The van der Waals surface area contributed by atoms with E-state index in [0.717, 1.165) is 43.7 Å². The molecule has 160 valence electrons. The molecule has 1 aromatic heterocycles. The maximum Gasteiger partial charge on any atom is 0.270 e. The van der Waals surface area contributed by atoms with Gasteiger partial charge in [-0.05, 0) is 37.8 Å². The van der Waals surface area contributed by atoms with E-state index in [4.69, 9.17) is 17.0 Å². The lowest BCUT2D eigenvalue weighted by molar-refractivity contribution is -0.122. The number of carbonyl (C=O) groups excluding carboxylic acids is 1. The Labute approximate surface area is 186 Å². The number of carbonyl (C=O) groups is 1. The summed E-state index contributed by atoms with van der Waals surface area (Å²) in [4.78, 5) is 30.2. The van der Waals surface area contributed by atoms with Gasteiger partial charge in [-0.2, -0.15) is 5.26 Å². The summed E-state index contributed by atoms with van der Waals surface area (Å²) in [5.41, 5.74) is 1.24. The number of hydrogen-bond donors (Lipinski definition) is 0. The van der Waals surface area contributed by atoms with Crippen molar-refractivity contribution in [3.8, 4) is 6.07 Å².